The molecule has 0 spiro atoms. The van der Waals surface area contributed by atoms with Crippen LogP contribution in [0.5, 0.6) is 5.75 Å². The van der Waals surface area contributed by atoms with Crippen LogP contribution in [0.3, 0.4) is 0 Å². The summed E-state index contributed by atoms with van der Waals surface area (Å²) in [5.74, 6) is -9.69. The molecule has 1 aromatic rings. The van der Waals surface area contributed by atoms with Crippen molar-refractivity contribution in [3.8, 4) is 5.75 Å². The summed E-state index contributed by atoms with van der Waals surface area (Å²) < 4.78 is 5.75. The number of Topliss-reactive ketones (excluding diaryl/α,β-unsaturated/α-hetero) is 2. The van der Waals surface area contributed by atoms with E-state index in [1.807, 2.05) is 0 Å². The summed E-state index contributed by atoms with van der Waals surface area (Å²) in [4.78, 5) is 53.6. The summed E-state index contributed by atoms with van der Waals surface area (Å²) in [5.41, 5.74) is 7.46. The van der Waals surface area contributed by atoms with E-state index in [0.29, 0.717) is 6.42 Å². The molecule has 1 amide bonds. The van der Waals surface area contributed by atoms with Crippen LogP contribution in [-0.4, -0.2) is 80.6 Å². The SMILES string of the molecule is CCCC(=O)O[C@H]1[C@H]2C(=C(O)c3c(O)cccc3[C@@H]2N)C(=O)[C@]2(O)C(O)=C(C(N)=O)C(=O)[C@@H](N(C)C)[C@H]12. The van der Waals surface area contributed by atoms with Gasteiger partial charge < -0.3 is 36.6 Å². The molecule has 0 bridgehead atoms. The van der Waals surface area contributed by atoms with Crippen molar-refractivity contribution in [3.05, 3.63) is 46.2 Å². The number of aliphatic hydroxyl groups is 3. The van der Waals surface area contributed by atoms with E-state index < -0.39 is 87.5 Å². The van der Waals surface area contributed by atoms with Gasteiger partial charge in [-0.3, -0.25) is 24.1 Å². The van der Waals surface area contributed by atoms with Crippen LogP contribution in [0.1, 0.15) is 36.9 Å². The number of ether oxygens (including phenoxy) is 1. The number of aliphatic hydroxyl groups excluding tert-OH is 2. The van der Waals surface area contributed by atoms with Gasteiger partial charge in [0.1, 0.15) is 28.9 Å². The van der Waals surface area contributed by atoms with E-state index in [0.717, 1.165) is 0 Å². The minimum Gasteiger partial charge on any atom is -0.508 e. The van der Waals surface area contributed by atoms with Crippen LogP contribution < -0.4 is 11.5 Å². The largest absolute Gasteiger partial charge is 0.508 e. The Labute approximate surface area is 211 Å². The molecule has 6 atom stereocenters. The van der Waals surface area contributed by atoms with Crippen LogP contribution >= 0.6 is 0 Å². The second kappa shape index (κ2) is 8.98. The molecular weight excluding hydrogens is 486 g/mol. The number of hydrogen-bond acceptors (Lipinski definition) is 11. The van der Waals surface area contributed by atoms with Gasteiger partial charge in [-0.25, -0.2) is 0 Å². The van der Waals surface area contributed by atoms with Gasteiger partial charge in [-0.15, -0.1) is 0 Å². The number of carbonyl (C=O) groups is 4. The van der Waals surface area contributed by atoms with E-state index >= 15 is 0 Å². The topological polar surface area (TPSA) is 214 Å². The lowest BCUT2D eigenvalue weighted by Gasteiger charge is -2.54. The Balaban J connectivity index is 2.09. The summed E-state index contributed by atoms with van der Waals surface area (Å²) in [7, 11) is 2.88. The van der Waals surface area contributed by atoms with Crippen molar-refractivity contribution in [3.63, 3.8) is 0 Å². The number of phenols is 1. The van der Waals surface area contributed by atoms with Crippen LogP contribution in [-0.2, 0) is 23.9 Å². The molecule has 3 aliphatic carbocycles. The Kier molecular flexibility index (Phi) is 6.39. The monoisotopic (exact) mass is 515 g/mol. The molecule has 0 unspecified atom stereocenters. The van der Waals surface area contributed by atoms with Gasteiger partial charge in [0.25, 0.3) is 5.91 Å². The minimum atomic E-state index is -2.99. The maximum absolute atomic E-state index is 14.0. The number of ketones is 2. The molecule has 0 radical (unpaired) electrons. The molecule has 12 heteroatoms. The van der Waals surface area contributed by atoms with E-state index in [2.05, 4.69) is 0 Å². The molecule has 0 aromatic heterocycles. The van der Waals surface area contributed by atoms with Gasteiger partial charge in [0.2, 0.25) is 5.78 Å². The van der Waals surface area contributed by atoms with E-state index in [9.17, 15) is 39.6 Å². The van der Waals surface area contributed by atoms with E-state index in [1.165, 1.54) is 37.2 Å². The number of carbonyl (C=O) groups excluding carboxylic acids is 4. The molecule has 198 valence electrons. The average molecular weight is 516 g/mol. The fraction of sp³-hybridized carbons (Fsp3) is 0.440. The molecule has 1 aromatic carbocycles. The smallest absolute Gasteiger partial charge is 0.306 e. The lowest BCUT2D eigenvalue weighted by atomic mass is 9.55. The maximum Gasteiger partial charge on any atom is 0.306 e. The predicted molar refractivity (Wildman–Crippen MR) is 128 cm³/mol. The maximum atomic E-state index is 14.0. The number of rotatable bonds is 5. The summed E-state index contributed by atoms with van der Waals surface area (Å²) >= 11 is 0. The fourth-order valence-electron chi connectivity index (χ4n) is 5.85. The van der Waals surface area contributed by atoms with Crippen LogP contribution in [0.15, 0.2) is 35.1 Å². The standard InChI is InChI=1S/C25H29N3O9/c1-4-6-11(30)37-21-13-14(19(31)12-9(17(13)26)7-5-8-10(12)29)22(33)25(36)16(21)18(28(2)3)20(32)15(23(25)34)24(27)35/h5,7-8,13,16-18,21,29,31,34,36H,4,6,26H2,1-3H3,(H2,27,35)/t13-,16+,17-,18-,21-,25-/m0/s1. The van der Waals surface area contributed by atoms with Crippen LogP contribution in [0.2, 0.25) is 0 Å². The Morgan fingerprint density at radius 2 is 1.81 bits per heavy atom. The highest BCUT2D eigenvalue weighted by Crippen LogP contribution is 2.55. The second-order valence-electron chi connectivity index (χ2n) is 9.74. The minimum absolute atomic E-state index is 0.0467. The highest BCUT2D eigenvalue weighted by molar-refractivity contribution is 6.24. The lowest BCUT2D eigenvalue weighted by molar-refractivity contribution is -0.185. The number of fused-ring (bicyclic) bond motifs is 3. The number of phenolic OH excluding ortho intramolecular Hbond substituents is 1. The third-order valence-corrected chi connectivity index (χ3v) is 7.40. The zero-order valence-electron chi connectivity index (χ0n) is 20.5. The number of amides is 1. The Bertz CT molecular complexity index is 1280. The molecule has 8 N–H and O–H groups in total. The highest BCUT2D eigenvalue weighted by atomic mass is 16.5. The van der Waals surface area contributed by atoms with Crippen molar-refractivity contribution >= 4 is 29.2 Å². The van der Waals surface area contributed by atoms with Crippen molar-refractivity contribution in [2.75, 3.05) is 14.1 Å². The molecule has 4 rings (SSSR count). The van der Waals surface area contributed by atoms with Crippen LogP contribution in [0.25, 0.3) is 5.76 Å². The molecular formula is C25H29N3O9. The third-order valence-electron chi connectivity index (χ3n) is 7.40. The Morgan fingerprint density at radius 1 is 1.16 bits per heavy atom. The van der Waals surface area contributed by atoms with Crippen LogP contribution in [0.4, 0.5) is 0 Å². The van der Waals surface area contributed by atoms with Gasteiger partial charge in [0.15, 0.2) is 11.4 Å². The number of nitrogens with zero attached hydrogens (tertiary/aromatic N) is 1. The van der Waals surface area contributed by atoms with E-state index in [1.54, 1.807) is 6.92 Å². The van der Waals surface area contributed by atoms with Crippen molar-refractivity contribution in [2.45, 2.75) is 43.6 Å². The number of primary amides is 1. The normalized spacial score (nSPS) is 31.1. The number of likely N-dealkylation sites (N-methyl/N-ethyl adjacent to an activating group) is 1. The van der Waals surface area contributed by atoms with Crippen molar-refractivity contribution < 1.29 is 44.3 Å². The Hall–Kier alpha value is -3.74. The third kappa shape index (κ3) is 3.55. The molecule has 12 nitrogen and oxygen atoms in total. The first-order valence-corrected chi connectivity index (χ1v) is 11.7. The number of aromatic hydroxyl groups is 1. The van der Waals surface area contributed by atoms with Crippen molar-refractivity contribution in [1.82, 2.24) is 4.90 Å². The summed E-state index contributed by atoms with van der Waals surface area (Å²) in [6.07, 6.45) is -1.17. The van der Waals surface area contributed by atoms with Crippen LogP contribution in [0, 0.1) is 11.8 Å². The van der Waals surface area contributed by atoms with Gasteiger partial charge in [0, 0.05) is 24.0 Å². The molecule has 0 aliphatic heterocycles. The average Bonchev–Trinajstić information content (AvgIpc) is 2.80. The predicted octanol–water partition coefficient (Wildman–Crippen LogP) is -0.257. The highest BCUT2D eigenvalue weighted by Gasteiger charge is 2.69. The first kappa shape index (κ1) is 26.3. The quantitative estimate of drug-likeness (QED) is 0.222. The number of esters is 1. The first-order chi connectivity index (χ1) is 17.3. The summed E-state index contributed by atoms with van der Waals surface area (Å²) in [5, 5.41) is 44.5. The number of benzene rings is 1. The molecule has 0 heterocycles. The van der Waals surface area contributed by atoms with Crippen molar-refractivity contribution in [2.24, 2.45) is 23.3 Å². The molecule has 1 fully saturated rings. The lowest BCUT2D eigenvalue weighted by Crippen LogP contribution is -2.71. The molecule has 0 saturated heterocycles. The van der Waals surface area contributed by atoms with E-state index in [-0.39, 0.29) is 17.5 Å². The van der Waals surface area contributed by atoms with Gasteiger partial charge in [-0.05, 0) is 32.1 Å². The van der Waals surface area contributed by atoms with Crippen molar-refractivity contribution in [1.29, 1.82) is 0 Å². The molecule has 1 saturated carbocycles. The van der Waals surface area contributed by atoms with Gasteiger partial charge in [0.05, 0.1) is 17.5 Å². The molecule has 37 heavy (non-hydrogen) atoms. The second-order valence-corrected chi connectivity index (χ2v) is 9.74. The first-order valence-electron chi connectivity index (χ1n) is 11.7. The van der Waals surface area contributed by atoms with Gasteiger partial charge in [-0.1, -0.05) is 19.1 Å². The number of hydrogen-bond donors (Lipinski definition) is 6. The Morgan fingerprint density at radius 3 is 2.38 bits per heavy atom. The summed E-state index contributed by atoms with van der Waals surface area (Å²) in [6.45, 7) is 1.73. The zero-order chi connectivity index (χ0) is 27.6. The fourth-order valence-corrected chi connectivity index (χ4v) is 5.85. The number of nitrogens with two attached hydrogens (primary N) is 2. The van der Waals surface area contributed by atoms with E-state index in [4.69, 9.17) is 16.2 Å². The van der Waals surface area contributed by atoms with Gasteiger partial charge in [-0.2, -0.15) is 0 Å². The zero-order valence-corrected chi connectivity index (χ0v) is 20.5. The molecule has 3 aliphatic rings. The summed E-state index contributed by atoms with van der Waals surface area (Å²) in [6, 6.07) is 1.67. The van der Waals surface area contributed by atoms with Gasteiger partial charge >= 0.3 is 5.97 Å².